The molecule has 0 atom stereocenters. The SMILES string of the molecule is CC(=O)c1cc(F)ccc1OCc1ccc(C)cc1Cl. The molecule has 104 valence electrons. The normalized spacial score (nSPS) is 10.4. The van der Waals surface area contributed by atoms with E-state index < -0.39 is 5.82 Å². The number of ether oxygens (including phenoxy) is 1. The van der Waals surface area contributed by atoms with Crippen LogP contribution in [0.2, 0.25) is 5.02 Å². The van der Waals surface area contributed by atoms with Crippen molar-refractivity contribution in [2.45, 2.75) is 20.5 Å². The number of benzene rings is 2. The van der Waals surface area contributed by atoms with Crippen molar-refractivity contribution in [1.29, 1.82) is 0 Å². The van der Waals surface area contributed by atoms with Crippen LogP contribution in [-0.4, -0.2) is 5.78 Å². The third-order valence-electron chi connectivity index (χ3n) is 2.91. The van der Waals surface area contributed by atoms with Gasteiger partial charge in [-0.3, -0.25) is 4.79 Å². The van der Waals surface area contributed by atoms with Gasteiger partial charge in [-0.05, 0) is 43.7 Å². The van der Waals surface area contributed by atoms with E-state index in [0.29, 0.717) is 10.8 Å². The summed E-state index contributed by atoms with van der Waals surface area (Å²) in [5.41, 5.74) is 2.11. The van der Waals surface area contributed by atoms with E-state index in [1.807, 2.05) is 25.1 Å². The maximum Gasteiger partial charge on any atom is 0.163 e. The molecule has 0 spiro atoms. The van der Waals surface area contributed by atoms with Crippen molar-refractivity contribution in [3.8, 4) is 5.75 Å². The molecule has 0 aliphatic heterocycles. The molecule has 0 aromatic heterocycles. The minimum absolute atomic E-state index is 0.227. The number of Topliss-reactive ketones (excluding diaryl/α,β-unsaturated/α-hetero) is 1. The largest absolute Gasteiger partial charge is 0.488 e. The Labute approximate surface area is 122 Å². The van der Waals surface area contributed by atoms with Gasteiger partial charge in [0, 0.05) is 10.6 Å². The van der Waals surface area contributed by atoms with Gasteiger partial charge in [-0.1, -0.05) is 23.7 Å². The van der Waals surface area contributed by atoms with Crippen LogP contribution in [0, 0.1) is 12.7 Å². The number of halogens is 2. The van der Waals surface area contributed by atoms with Crippen LogP contribution in [0.3, 0.4) is 0 Å². The number of carbonyl (C=O) groups excluding carboxylic acids is 1. The van der Waals surface area contributed by atoms with Crippen molar-refractivity contribution >= 4 is 17.4 Å². The first-order valence-corrected chi connectivity index (χ1v) is 6.53. The standard InChI is InChI=1S/C16H14ClFO2/c1-10-3-4-12(15(17)7-10)9-20-16-6-5-13(18)8-14(16)11(2)19/h3-8H,9H2,1-2H3. The number of aryl methyl sites for hydroxylation is 1. The molecule has 0 amide bonds. The van der Waals surface area contributed by atoms with Gasteiger partial charge in [0.25, 0.3) is 0 Å². The fourth-order valence-corrected chi connectivity index (χ4v) is 2.12. The molecule has 4 heteroatoms. The summed E-state index contributed by atoms with van der Waals surface area (Å²) in [5.74, 6) is -0.346. The molecule has 0 radical (unpaired) electrons. The molecule has 0 unspecified atom stereocenters. The van der Waals surface area contributed by atoms with Crippen LogP contribution in [0.1, 0.15) is 28.4 Å². The van der Waals surface area contributed by atoms with E-state index >= 15 is 0 Å². The number of carbonyl (C=O) groups is 1. The molecule has 0 aliphatic carbocycles. The van der Waals surface area contributed by atoms with Crippen LogP contribution in [0.25, 0.3) is 0 Å². The highest BCUT2D eigenvalue weighted by Gasteiger charge is 2.11. The van der Waals surface area contributed by atoms with E-state index in [1.54, 1.807) is 0 Å². The predicted molar refractivity (Wildman–Crippen MR) is 76.9 cm³/mol. The lowest BCUT2D eigenvalue weighted by atomic mass is 10.1. The highest BCUT2D eigenvalue weighted by Crippen LogP contribution is 2.24. The van der Waals surface area contributed by atoms with Crippen molar-refractivity contribution in [3.63, 3.8) is 0 Å². The molecular formula is C16H14ClFO2. The molecule has 0 aliphatic rings. The second kappa shape index (κ2) is 6.06. The molecule has 2 rings (SSSR count). The Morgan fingerprint density at radius 2 is 2.00 bits per heavy atom. The summed E-state index contributed by atoms with van der Waals surface area (Å²) < 4.78 is 18.7. The average molecular weight is 293 g/mol. The second-order valence-corrected chi connectivity index (χ2v) is 4.99. The van der Waals surface area contributed by atoms with Crippen LogP contribution in [0.4, 0.5) is 4.39 Å². The lowest BCUT2D eigenvalue weighted by Gasteiger charge is -2.11. The van der Waals surface area contributed by atoms with E-state index in [1.165, 1.54) is 25.1 Å². The summed E-state index contributed by atoms with van der Waals surface area (Å²) in [6, 6.07) is 9.54. The van der Waals surface area contributed by atoms with Gasteiger partial charge in [0.15, 0.2) is 5.78 Å². The molecular weight excluding hydrogens is 279 g/mol. The summed E-state index contributed by atoms with van der Waals surface area (Å²) >= 11 is 6.12. The van der Waals surface area contributed by atoms with Crippen LogP contribution in [-0.2, 0) is 6.61 Å². The van der Waals surface area contributed by atoms with Gasteiger partial charge in [-0.15, -0.1) is 0 Å². The maximum absolute atomic E-state index is 13.2. The fourth-order valence-electron chi connectivity index (χ4n) is 1.83. The zero-order valence-electron chi connectivity index (χ0n) is 11.2. The molecule has 20 heavy (non-hydrogen) atoms. The van der Waals surface area contributed by atoms with E-state index in [0.717, 1.165) is 11.1 Å². The summed E-state index contributed by atoms with van der Waals surface area (Å²) in [4.78, 5) is 11.5. The minimum Gasteiger partial charge on any atom is -0.488 e. The zero-order valence-corrected chi connectivity index (χ0v) is 12.0. The number of ketones is 1. The molecule has 0 saturated heterocycles. The van der Waals surface area contributed by atoms with Crippen molar-refractivity contribution in [2.24, 2.45) is 0 Å². The topological polar surface area (TPSA) is 26.3 Å². The second-order valence-electron chi connectivity index (χ2n) is 4.58. The van der Waals surface area contributed by atoms with E-state index in [9.17, 15) is 9.18 Å². The molecule has 2 aromatic rings. The highest BCUT2D eigenvalue weighted by molar-refractivity contribution is 6.31. The monoisotopic (exact) mass is 292 g/mol. The first-order chi connectivity index (χ1) is 9.47. The van der Waals surface area contributed by atoms with Crippen molar-refractivity contribution < 1.29 is 13.9 Å². The Hall–Kier alpha value is -1.87. The Balaban J connectivity index is 2.20. The molecule has 0 fully saturated rings. The predicted octanol–water partition coefficient (Wildman–Crippen LogP) is 4.57. The summed E-state index contributed by atoms with van der Waals surface area (Å²) in [6.45, 7) is 3.55. The van der Waals surface area contributed by atoms with Gasteiger partial charge in [0.2, 0.25) is 0 Å². The van der Waals surface area contributed by atoms with Crippen molar-refractivity contribution in [2.75, 3.05) is 0 Å². The van der Waals surface area contributed by atoms with Gasteiger partial charge < -0.3 is 4.74 Å². The summed E-state index contributed by atoms with van der Waals surface area (Å²) in [5, 5.41) is 0.608. The van der Waals surface area contributed by atoms with Crippen LogP contribution < -0.4 is 4.74 Å². The zero-order chi connectivity index (χ0) is 14.7. The van der Waals surface area contributed by atoms with E-state index in [-0.39, 0.29) is 18.0 Å². The Morgan fingerprint density at radius 1 is 1.25 bits per heavy atom. The molecule has 0 N–H and O–H groups in total. The Bertz CT molecular complexity index is 653. The van der Waals surface area contributed by atoms with Crippen LogP contribution >= 0.6 is 11.6 Å². The van der Waals surface area contributed by atoms with E-state index in [2.05, 4.69) is 0 Å². The lowest BCUT2D eigenvalue weighted by Crippen LogP contribution is -2.02. The third-order valence-corrected chi connectivity index (χ3v) is 3.26. The first kappa shape index (κ1) is 14.5. The number of hydrogen-bond acceptors (Lipinski definition) is 2. The average Bonchev–Trinajstić information content (AvgIpc) is 2.38. The van der Waals surface area contributed by atoms with Gasteiger partial charge >= 0.3 is 0 Å². The van der Waals surface area contributed by atoms with Gasteiger partial charge in [0.1, 0.15) is 18.2 Å². The molecule has 0 saturated carbocycles. The number of hydrogen-bond donors (Lipinski definition) is 0. The quantitative estimate of drug-likeness (QED) is 0.772. The van der Waals surface area contributed by atoms with Crippen molar-refractivity contribution in [3.05, 3.63) is 63.9 Å². The molecule has 0 heterocycles. The number of rotatable bonds is 4. The summed E-state index contributed by atoms with van der Waals surface area (Å²) in [7, 11) is 0. The van der Waals surface area contributed by atoms with Crippen LogP contribution in [0.15, 0.2) is 36.4 Å². The first-order valence-electron chi connectivity index (χ1n) is 6.15. The minimum atomic E-state index is -0.462. The lowest BCUT2D eigenvalue weighted by molar-refractivity contribution is 0.101. The Morgan fingerprint density at radius 3 is 2.65 bits per heavy atom. The third kappa shape index (κ3) is 3.36. The van der Waals surface area contributed by atoms with Gasteiger partial charge in [-0.2, -0.15) is 0 Å². The summed E-state index contributed by atoms with van der Waals surface area (Å²) in [6.07, 6.45) is 0. The maximum atomic E-state index is 13.2. The molecule has 2 nitrogen and oxygen atoms in total. The fraction of sp³-hybridized carbons (Fsp3) is 0.188. The Kier molecular flexibility index (Phi) is 4.40. The molecule has 2 aromatic carbocycles. The van der Waals surface area contributed by atoms with E-state index in [4.69, 9.17) is 16.3 Å². The van der Waals surface area contributed by atoms with Gasteiger partial charge in [-0.25, -0.2) is 4.39 Å². The smallest absolute Gasteiger partial charge is 0.163 e. The highest BCUT2D eigenvalue weighted by atomic mass is 35.5. The van der Waals surface area contributed by atoms with Crippen molar-refractivity contribution in [1.82, 2.24) is 0 Å². The van der Waals surface area contributed by atoms with Crippen LogP contribution in [0.5, 0.6) is 5.75 Å². The molecule has 0 bridgehead atoms. The van der Waals surface area contributed by atoms with Gasteiger partial charge in [0.05, 0.1) is 5.56 Å².